The number of nitrogens with zero attached hydrogens (tertiary/aromatic N) is 3. The van der Waals surface area contributed by atoms with Crippen LogP contribution in [-0.4, -0.2) is 53.5 Å². The number of pyridine rings is 1. The van der Waals surface area contributed by atoms with Crippen LogP contribution in [0.2, 0.25) is 10.0 Å². The molecule has 53 heavy (non-hydrogen) atoms. The van der Waals surface area contributed by atoms with Crippen LogP contribution < -0.4 is 14.2 Å². The van der Waals surface area contributed by atoms with E-state index in [1.54, 1.807) is 36.5 Å². The van der Waals surface area contributed by atoms with Gasteiger partial charge in [0.15, 0.2) is 5.75 Å². The molecule has 0 unspecified atom stereocenters. The Morgan fingerprint density at radius 3 is 2.19 bits per heavy atom. The number of halogens is 3. The minimum atomic E-state index is -0.0119. The van der Waals surface area contributed by atoms with Gasteiger partial charge in [-0.2, -0.15) is 0 Å². The van der Waals surface area contributed by atoms with Crippen LogP contribution in [-0.2, 0) is 24.4 Å². The number of aryl methyl sites for hydroxylation is 3. The van der Waals surface area contributed by atoms with Crippen molar-refractivity contribution in [2.75, 3.05) is 32.8 Å². The Kier molecular flexibility index (Phi) is 14.2. The van der Waals surface area contributed by atoms with Gasteiger partial charge >= 0.3 is 0 Å². The molecule has 7 nitrogen and oxygen atoms in total. The van der Waals surface area contributed by atoms with Gasteiger partial charge in [-0.05, 0) is 96.6 Å². The van der Waals surface area contributed by atoms with Crippen LogP contribution in [0.15, 0.2) is 103 Å². The molecular formula is C43H44Cl3N3O4. The van der Waals surface area contributed by atoms with Crippen molar-refractivity contribution >= 4 is 47.6 Å². The molecule has 4 aromatic carbocycles. The Balaban J connectivity index is 0.00000541. The van der Waals surface area contributed by atoms with Gasteiger partial charge in [0.2, 0.25) is 11.8 Å². The number of amides is 1. The first kappa shape index (κ1) is 39.7. The molecule has 0 bridgehead atoms. The molecule has 276 valence electrons. The molecular weight excluding hydrogens is 729 g/mol. The van der Waals surface area contributed by atoms with Crippen molar-refractivity contribution in [3.63, 3.8) is 0 Å². The summed E-state index contributed by atoms with van der Waals surface area (Å²) in [5.41, 5.74) is 7.49. The minimum Gasteiger partial charge on any atom is -0.493 e. The van der Waals surface area contributed by atoms with Crippen LogP contribution in [0, 0.1) is 20.8 Å². The zero-order valence-electron chi connectivity index (χ0n) is 30.2. The fourth-order valence-electron chi connectivity index (χ4n) is 6.15. The lowest BCUT2D eigenvalue weighted by atomic mass is 10.1. The molecule has 1 saturated heterocycles. The molecule has 10 heteroatoms. The summed E-state index contributed by atoms with van der Waals surface area (Å²) in [6, 6.07) is 29.9. The van der Waals surface area contributed by atoms with Gasteiger partial charge in [-0.15, -0.1) is 12.4 Å². The highest BCUT2D eigenvalue weighted by Gasteiger charge is 2.20. The Hall–Kier alpha value is -4.53. The van der Waals surface area contributed by atoms with Crippen LogP contribution in [0.3, 0.4) is 0 Å². The van der Waals surface area contributed by atoms with Crippen molar-refractivity contribution in [1.29, 1.82) is 0 Å². The van der Waals surface area contributed by atoms with Crippen molar-refractivity contribution in [2.24, 2.45) is 0 Å². The number of hydrogen-bond donors (Lipinski definition) is 0. The second-order valence-electron chi connectivity index (χ2n) is 13.1. The van der Waals surface area contributed by atoms with Crippen LogP contribution in [0.5, 0.6) is 23.1 Å². The molecule has 0 spiro atoms. The lowest BCUT2D eigenvalue weighted by molar-refractivity contribution is -0.127. The normalized spacial score (nSPS) is 13.1. The van der Waals surface area contributed by atoms with Crippen molar-refractivity contribution in [1.82, 2.24) is 14.8 Å². The summed E-state index contributed by atoms with van der Waals surface area (Å²) >= 11 is 12.8. The maximum absolute atomic E-state index is 13.1. The summed E-state index contributed by atoms with van der Waals surface area (Å²) in [7, 11) is 0. The van der Waals surface area contributed by atoms with Crippen molar-refractivity contribution in [2.45, 2.75) is 40.3 Å². The van der Waals surface area contributed by atoms with E-state index in [4.69, 9.17) is 37.4 Å². The summed E-state index contributed by atoms with van der Waals surface area (Å²) in [4.78, 5) is 21.7. The SMILES string of the molecule is Cc1cc(C)cc(OCCc2ccc(CN3CCN(C(=O)C=Cc4cc(C)c(Oc5ccc(OCc6ccccc6Cl)cn5)c(Cl)c4)CC3)cc2)c1.Cl. The molecule has 0 atom stereocenters. The standard InChI is InChI=1S/C43H43Cl2N3O4.ClH/c1-30-22-31(2)24-38(23-30)50-21-16-33-8-10-34(11-9-33)28-47-17-19-48(20-18-47)42(49)15-12-35-25-32(3)43(40(45)26-35)52-41-14-13-37(27-46-41)51-29-36-6-4-5-7-39(36)44;/h4-15,22-27H,16-21,28-29H2,1-3H3;1H. The predicted molar refractivity (Wildman–Crippen MR) is 216 cm³/mol. The van der Waals surface area contributed by atoms with Gasteiger partial charge in [0, 0.05) is 61.9 Å². The van der Waals surface area contributed by atoms with Crippen molar-refractivity contribution in [3.05, 3.63) is 152 Å². The van der Waals surface area contributed by atoms with Gasteiger partial charge in [-0.1, -0.05) is 71.7 Å². The monoisotopic (exact) mass is 771 g/mol. The third-order valence-electron chi connectivity index (χ3n) is 8.91. The van der Waals surface area contributed by atoms with Gasteiger partial charge < -0.3 is 19.1 Å². The van der Waals surface area contributed by atoms with Crippen LogP contribution >= 0.6 is 35.6 Å². The van der Waals surface area contributed by atoms with E-state index < -0.39 is 0 Å². The molecule has 1 aromatic heterocycles. The van der Waals surface area contributed by atoms with Crippen molar-refractivity contribution < 1.29 is 19.0 Å². The lowest BCUT2D eigenvalue weighted by Crippen LogP contribution is -2.47. The maximum atomic E-state index is 13.1. The number of hydrogen-bond acceptors (Lipinski definition) is 6. The quantitative estimate of drug-likeness (QED) is 0.111. The van der Waals surface area contributed by atoms with Gasteiger partial charge in [0.1, 0.15) is 18.1 Å². The molecule has 6 rings (SSSR count). The fourth-order valence-corrected chi connectivity index (χ4v) is 6.65. The van der Waals surface area contributed by atoms with E-state index in [-0.39, 0.29) is 18.3 Å². The lowest BCUT2D eigenvalue weighted by Gasteiger charge is -2.34. The van der Waals surface area contributed by atoms with Crippen LogP contribution in [0.4, 0.5) is 0 Å². The first-order valence-electron chi connectivity index (χ1n) is 17.5. The molecule has 0 radical (unpaired) electrons. The molecule has 0 aliphatic carbocycles. The highest BCUT2D eigenvalue weighted by molar-refractivity contribution is 6.32. The smallest absolute Gasteiger partial charge is 0.246 e. The highest BCUT2D eigenvalue weighted by Crippen LogP contribution is 2.34. The summed E-state index contributed by atoms with van der Waals surface area (Å²) in [6.45, 7) is 10.9. The number of carbonyl (C=O) groups excluding carboxylic acids is 1. The van der Waals surface area contributed by atoms with E-state index >= 15 is 0 Å². The summed E-state index contributed by atoms with van der Waals surface area (Å²) in [5.74, 6) is 2.41. The first-order chi connectivity index (χ1) is 25.2. The topological polar surface area (TPSA) is 64.1 Å². The molecule has 1 aliphatic rings. The first-order valence-corrected chi connectivity index (χ1v) is 18.2. The largest absolute Gasteiger partial charge is 0.493 e. The van der Waals surface area contributed by atoms with Gasteiger partial charge in [0.05, 0.1) is 17.8 Å². The molecule has 1 fully saturated rings. The number of piperazine rings is 1. The summed E-state index contributed by atoms with van der Waals surface area (Å²) in [6.07, 6.45) is 5.88. The number of aromatic nitrogens is 1. The van der Waals surface area contributed by atoms with Gasteiger partial charge in [-0.25, -0.2) is 4.98 Å². The summed E-state index contributed by atoms with van der Waals surface area (Å²) < 4.78 is 17.8. The van der Waals surface area contributed by atoms with E-state index in [0.29, 0.717) is 53.7 Å². The molecule has 1 aliphatic heterocycles. The maximum Gasteiger partial charge on any atom is 0.246 e. The zero-order chi connectivity index (χ0) is 36.5. The number of benzene rings is 4. The molecule has 2 heterocycles. The Morgan fingerprint density at radius 2 is 1.51 bits per heavy atom. The van der Waals surface area contributed by atoms with E-state index in [0.717, 1.165) is 48.5 Å². The number of rotatable bonds is 13. The average molecular weight is 773 g/mol. The fraction of sp³-hybridized carbons (Fsp3) is 0.256. The Morgan fingerprint density at radius 1 is 0.792 bits per heavy atom. The van der Waals surface area contributed by atoms with E-state index in [1.807, 2.05) is 42.2 Å². The van der Waals surface area contributed by atoms with Gasteiger partial charge in [0.25, 0.3) is 0 Å². The Bertz CT molecular complexity index is 1970. The second kappa shape index (κ2) is 19.0. The molecule has 0 N–H and O–H groups in total. The predicted octanol–water partition coefficient (Wildman–Crippen LogP) is 10.1. The molecule has 5 aromatic rings. The minimum absolute atomic E-state index is 0. The summed E-state index contributed by atoms with van der Waals surface area (Å²) in [5, 5.41) is 1.09. The van der Waals surface area contributed by atoms with Crippen LogP contribution in [0.1, 0.15) is 38.9 Å². The third-order valence-corrected chi connectivity index (χ3v) is 9.56. The third kappa shape index (κ3) is 11.5. The molecule has 0 saturated carbocycles. The van der Waals surface area contributed by atoms with E-state index in [9.17, 15) is 4.79 Å². The molecule has 1 amide bonds. The second-order valence-corrected chi connectivity index (χ2v) is 14.0. The zero-order valence-corrected chi connectivity index (χ0v) is 32.5. The highest BCUT2D eigenvalue weighted by atomic mass is 35.5. The number of ether oxygens (including phenoxy) is 3. The van der Waals surface area contributed by atoms with Crippen molar-refractivity contribution in [3.8, 4) is 23.1 Å². The van der Waals surface area contributed by atoms with Crippen LogP contribution in [0.25, 0.3) is 6.08 Å². The van der Waals surface area contributed by atoms with E-state index in [1.165, 1.54) is 22.3 Å². The number of carbonyl (C=O) groups is 1. The average Bonchev–Trinajstić information content (AvgIpc) is 3.13. The van der Waals surface area contributed by atoms with Gasteiger partial charge in [-0.3, -0.25) is 9.69 Å². The Labute approximate surface area is 328 Å². The van der Waals surface area contributed by atoms with E-state index in [2.05, 4.69) is 66.2 Å².